The van der Waals surface area contributed by atoms with E-state index in [1.807, 2.05) is 18.0 Å². The number of carbonyl (C=O) groups excluding carboxylic acids is 1. The third-order valence-electron chi connectivity index (χ3n) is 3.50. The van der Waals surface area contributed by atoms with Gasteiger partial charge in [-0.3, -0.25) is 4.79 Å². The summed E-state index contributed by atoms with van der Waals surface area (Å²) in [5.74, 6) is 0.756. The summed E-state index contributed by atoms with van der Waals surface area (Å²) in [5, 5.41) is 3.79. The topological polar surface area (TPSA) is 32.3 Å². The van der Waals surface area contributed by atoms with Gasteiger partial charge in [0.25, 0.3) is 5.91 Å². The maximum Gasteiger partial charge on any atom is 0.253 e. The smallest absolute Gasteiger partial charge is 0.253 e. The predicted molar refractivity (Wildman–Crippen MR) is 81.7 cm³/mol. The predicted octanol–water partition coefficient (Wildman–Crippen LogP) is 3.17. The van der Waals surface area contributed by atoms with Gasteiger partial charge in [-0.25, -0.2) is 0 Å². The summed E-state index contributed by atoms with van der Waals surface area (Å²) >= 11 is 9.36. The van der Waals surface area contributed by atoms with Crippen LogP contribution in [0.25, 0.3) is 0 Å². The Morgan fingerprint density at radius 2 is 2.11 bits per heavy atom. The molecular formula is C14H18BrClN2O. The van der Waals surface area contributed by atoms with Crippen molar-refractivity contribution in [3.63, 3.8) is 0 Å². The van der Waals surface area contributed by atoms with E-state index in [0.717, 1.165) is 36.9 Å². The second kappa shape index (κ2) is 6.73. The van der Waals surface area contributed by atoms with Crippen molar-refractivity contribution in [2.24, 2.45) is 5.92 Å². The second-order valence-electron chi connectivity index (χ2n) is 4.95. The summed E-state index contributed by atoms with van der Waals surface area (Å²) in [5.41, 5.74) is 0.659. The average molecular weight is 346 g/mol. The average Bonchev–Trinajstić information content (AvgIpc) is 2.38. The summed E-state index contributed by atoms with van der Waals surface area (Å²) in [7, 11) is 1.97. The van der Waals surface area contributed by atoms with E-state index in [0.29, 0.717) is 16.5 Å². The normalized spacial score (nSPS) is 16.7. The van der Waals surface area contributed by atoms with Gasteiger partial charge < -0.3 is 10.2 Å². The molecule has 1 amide bonds. The maximum atomic E-state index is 12.4. The molecule has 0 aromatic heterocycles. The molecule has 0 spiro atoms. The lowest BCUT2D eigenvalue weighted by Gasteiger charge is -2.32. The monoisotopic (exact) mass is 344 g/mol. The molecule has 0 unspecified atom stereocenters. The molecular weight excluding hydrogens is 328 g/mol. The summed E-state index contributed by atoms with van der Waals surface area (Å²) in [6.07, 6.45) is 2.13. The Hall–Kier alpha value is -0.580. The number of amides is 1. The van der Waals surface area contributed by atoms with Crippen LogP contribution in [0.5, 0.6) is 0 Å². The van der Waals surface area contributed by atoms with Crippen LogP contribution in [0.15, 0.2) is 22.7 Å². The molecule has 0 bridgehead atoms. The highest BCUT2D eigenvalue weighted by molar-refractivity contribution is 9.10. The Morgan fingerprint density at radius 1 is 1.42 bits per heavy atom. The zero-order valence-electron chi connectivity index (χ0n) is 11.0. The van der Waals surface area contributed by atoms with Crippen molar-refractivity contribution in [1.82, 2.24) is 10.2 Å². The molecule has 0 saturated carbocycles. The Labute approximate surface area is 127 Å². The molecule has 1 aliphatic rings. The molecule has 1 aliphatic heterocycles. The van der Waals surface area contributed by atoms with Gasteiger partial charge in [0, 0.05) is 28.1 Å². The first-order chi connectivity index (χ1) is 9.10. The molecule has 1 aromatic carbocycles. The molecule has 2 rings (SSSR count). The number of hydrogen-bond acceptors (Lipinski definition) is 2. The molecule has 104 valence electrons. The minimum Gasteiger partial charge on any atom is -0.339 e. The van der Waals surface area contributed by atoms with E-state index in [-0.39, 0.29) is 5.91 Å². The fourth-order valence-electron chi connectivity index (χ4n) is 2.49. The standard InChI is InChI=1S/C14H18BrClN2O/c1-17-9-10-2-4-18(5-3-10)14(19)11-6-12(15)8-13(16)7-11/h6-8,10,17H,2-5,9H2,1H3. The van der Waals surface area contributed by atoms with Crippen LogP contribution >= 0.6 is 27.5 Å². The van der Waals surface area contributed by atoms with Crippen molar-refractivity contribution in [3.8, 4) is 0 Å². The van der Waals surface area contributed by atoms with Gasteiger partial charge in [0.05, 0.1) is 0 Å². The number of likely N-dealkylation sites (tertiary alicyclic amines) is 1. The largest absolute Gasteiger partial charge is 0.339 e. The number of rotatable bonds is 3. The number of hydrogen-bond donors (Lipinski definition) is 1. The third kappa shape index (κ3) is 3.94. The van der Waals surface area contributed by atoms with Crippen molar-refractivity contribution in [1.29, 1.82) is 0 Å². The van der Waals surface area contributed by atoms with Crippen LogP contribution in [0.4, 0.5) is 0 Å². The molecule has 0 radical (unpaired) electrons. The Kier molecular flexibility index (Phi) is 5.25. The lowest BCUT2D eigenvalue weighted by atomic mass is 9.96. The van der Waals surface area contributed by atoms with E-state index < -0.39 is 0 Å². The molecule has 1 heterocycles. The van der Waals surface area contributed by atoms with Gasteiger partial charge in [0.15, 0.2) is 0 Å². The van der Waals surface area contributed by atoms with Crippen LogP contribution in [0.3, 0.4) is 0 Å². The Morgan fingerprint density at radius 3 is 2.68 bits per heavy atom. The fraction of sp³-hybridized carbons (Fsp3) is 0.500. The molecule has 1 N–H and O–H groups in total. The number of carbonyl (C=O) groups is 1. The van der Waals surface area contributed by atoms with Gasteiger partial charge in [0.1, 0.15) is 0 Å². The molecule has 1 aromatic rings. The second-order valence-corrected chi connectivity index (χ2v) is 6.30. The number of halogens is 2. The Balaban J connectivity index is 2.01. The highest BCUT2D eigenvalue weighted by atomic mass is 79.9. The SMILES string of the molecule is CNCC1CCN(C(=O)c2cc(Cl)cc(Br)c2)CC1. The van der Waals surface area contributed by atoms with Gasteiger partial charge in [-0.15, -0.1) is 0 Å². The number of piperidine rings is 1. The zero-order valence-corrected chi connectivity index (χ0v) is 13.3. The zero-order chi connectivity index (χ0) is 13.8. The first kappa shape index (κ1) is 14.8. The van der Waals surface area contributed by atoms with E-state index in [1.54, 1.807) is 12.1 Å². The fourth-order valence-corrected chi connectivity index (χ4v) is 3.35. The highest BCUT2D eigenvalue weighted by Crippen LogP contribution is 2.23. The van der Waals surface area contributed by atoms with Crippen LogP contribution in [0.2, 0.25) is 5.02 Å². The van der Waals surface area contributed by atoms with Crippen molar-refractivity contribution < 1.29 is 4.79 Å². The van der Waals surface area contributed by atoms with Gasteiger partial charge in [0.2, 0.25) is 0 Å². The van der Waals surface area contributed by atoms with Crippen LogP contribution < -0.4 is 5.32 Å². The molecule has 1 saturated heterocycles. The van der Waals surface area contributed by atoms with Crippen LogP contribution in [-0.2, 0) is 0 Å². The molecule has 1 fully saturated rings. The summed E-state index contributed by atoms with van der Waals surface area (Å²) in [6.45, 7) is 2.69. The summed E-state index contributed by atoms with van der Waals surface area (Å²) in [6, 6.07) is 5.35. The van der Waals surface area contributed by atoms with E-state index in [2.05, 4.69) is 21.2 Å². The van der Waals surface area contributed by atoms with Gasteiger partial charge in [-0.1, -0.05) is 27.5 Å². The number of nitrogens with one attached hydrogen (secondary N) is 1. The van der Waals surface area contributed by atoms with Gasteiger partial charge in [-0.05, 0) is 50.6 Å². The van der Waals surface area contributed by atoms with E-state index >= 15 is 0 Å². The van der Waals surface area contributed by atoms with Crippen LogP contribution in [0.1, 0.15) is 23.2 Å². The number of benzene rings is 1. The molecule has 5 heteroatoms. The molecule has 3 nitrogen and oxygen atoms in total. The molecule has 0 aliphatic carbocycles. The van der Waals surface area contributed by atoms with Gasteiger partial charge >= 0.3 is 0 Å². The third-order valence-corrected chi connectivity index (χ3v) is 4.18. The minimum atomic E-state index is 0.0751. The van der Waals surface area contributed by atoms with Crippen molar-refractivity contribution in [3.05, 3.63) is 33.3 Å². The van der Waals surface area contributed by atoms with Gasteiger partial charge in [-0.2, -0.15) is 0 Å². The van der Waals surface area contributed by atoms with Crippen LogP contribution in [0, 0.1) is 5.92 Å². The van der Waals surface area contributed by atoms with Crippen molar-refractivity contribution in [2.45, 2.75) is 12.8 Å². The minimum absolute atomic E-state index is 0.0751. The van der Waals surface area contributed by atoms with Crippen LogP contribution in [-0.4, -0.2) is 37.5 Å². The molecule has 19 heavy (non-hydrogen) atoms. The van der Waals surface area contributed by atoms with Crippen molar-refractivity contribution >= 4 is 33.4 Å². The summed E-state index contributed by atoms with van der Waals surface area (Å²) < 4.78 is 0.841. The van der Waals surface area contributed by atoms with E-state index in [1.165, 1.54) is 0 Å². The Bertz CT molecular complexity index is 439. The van der Waals surface area contributed by atoms with E-state index in [4.69, 9.17) is 11.6 Å². The summed E-state index contributed by atoms with van der Waals surface area (Å²) in [4.78, 5) is 14.3. The van der Waals surface area contributed by atoms with E-state index in [9.17, 15) is 4.79 Å². The number of nitrogens with zero attached hydrogens (tertiary/aromatic N) is 1. The molecule has 0 atom stereocenters. The lowest BCUT2D eigenvalue weighted by molar-refractivity contribution is 0.0691. The first-order valence-corrected chi connectivity index (χ1v) is 7.67. The maximum absolute atomic E-state index is 12.4. The lowest BCUT2D eigenvalue weighted by Crippen LogP contribution is -2.40. The first-order valence-electron chi connectivity index (χ1n) is 6.50. The highest BCUT2D eigenvalue weighted by Gasteiger charge is 2.23. The van der Waals surface area contributed by atoms with Crippen molar-refractivity contribution in [2.75, 3.05) is 26.7 Å². The quantitative estimate of drug-likeness (QED) is 0.912.